The lowest BCUT2D eigenvalue weighted by Gasteiger charge is -2.11. The fraction of sp³-hybridized carbons (Fsp3) is 0.500. The first-order chi connectivity index (χ1) is 11.6. The number of amides is 3. The molecule has 1 aromatic rings. The Balaban J connectivity index is 1.43. The molecule has 5 nitrogen and oxygen atoms in total. The van der Waals surface area contributed by atoms with Crippen LogP contribution in [0.4, 0.5) is 4.79 Å². The number of thioether (sulfide) groups is 1. The second kappa shape index (κ2) is 7.83. The maximum Gasteiger partial charge on any atom is 0.286 e. The van der Waals surface area contributed by atoms with Gasteiger partial charge >= 0.3 is 0 Å². The third-order valence-corrected chi connectivity index (χ3v) is 5.63. The molecule has 1 aromatic carbocycles. The van der Waals surface area contributed by atoms with E-state index in [4.69, 9.17) is 0 Å². The summed E-state index contributed by atoms with van der Waals surface area (Å²) in [6, 6.07) is 8.03. The number of benzene rings is 1. The van der Waals surface area contributed by atoms with Gasteiger partial charge in [0, 0.05) is 12.5 Å². The first-order valence-corrected chi connectivity index (χ1v) is 9.37. The number of hydrogen-bond acceptors (Lipinski definition) is 4. The van der Waals surface area contributed by atoms with Gasteiger partial charge in [-0.2, -0.15) is 0 Å². The van der Waals surface area contributed by atoms with Gasteiger partial charge in [0.1, 0.15) is 0 Å². The standard InChI is InChI=1S/C18H22N2O3S/c21-16(14-3-1-2-4-14)19-10-9-12-5-7-13(8-6-12)11-15-17(22)20-18(23)24-15/h5-8,14-15H,1-4,9-11H2,(H,19,21)(H,20,22,23)/t15-/m0/s1. The van der Waals surface area contributed by atoms with Gasteiger partial charge < -0.3 is 5.32 Å². The van der Waals surface area contributed by atoms with Gasteiger partial charge in [-0.05, 0) is 36.8 Å². The Bertz CT molecular complexity index is 624. The summed E-state index contributed by atoms with van der Waals surface area (Å²) in [6.45, 7) is 0.657. The molecule has 3 rings (SSSR count). The van der Waals surface area contributed by atoms with Crippen LogP contribution in [0.2, 0.25) is 0 Å². The van der Waals surface area contributed by atoms with Crippen LogP contribution >= 0.6 is 11.8 Å². The van der Waals surface area contributed by atoms with Crippen molar-refractivity contribution >= 4 is 28.8 Å². The van der Waals surface area contributed by atoms with E-state index in [1.54, 1.807) is 0 Å². The van der Waals surface area contributed by atoms with Gasteiger partial charge in [0.25, 0.3) is 5.24 Å². The van der Waals surface area contributed by atoms with Crippen LogP contribution in [-0.4, -0.2) is 28.8 Å². The average molecular weight is 346 g/mol. The van der Waals surface area contributed by atoms with E-state index in [0.29, 0.717) is 13.0 Å². The lowest BCUT2D eigenvalue weighted by molar-refractivity contribution is -0.124. The molecule has 0 unspecified atom stereocenters. The maximum absolute atomic E-state index is 12.0. The van der Waals surface area contributed by atoms with Crippen LogP contribution in [0.1, 0.15) is 36.8 Å². The Morgan fingerprint density at radius 3 is 2.42 bits per heavy atom. The lowest BCUT2D eigenvalue weighted by Crippen LogP contribution is -2.30. The third kappa shape index (κ3) is 4.38. The van der Waals surface area contributed by atoms with Gasteiger partial charge in [0.2, 0.25) is 11.8 Å². The Morgan fingerprint density at radius 2 is 1.79 bits per heavy atom. The van der Waals surface area contributed by atoms with Gasteiger partial charge in [-0.1, -0.05) is 48.9 Å². The second-order valence-corrected chi connectivity index (χ2v) is 7.60. The molecule has 128 valence electrons. The van der Waals surface area contributed by atoms with E-state index in [9.17, 15) is 14.4 Å². The highest BCUT2D eigenvalue weighted by molar-refractivity contribution is 8.15. The van der Waals surface area contributed by atoms with Gasteiger partial charge in [-0.15, -0.1) is 0 Å². The highest BCUT2D eigenvalue weighted by Crippen LogP contribution is 2.25. The third-order valence-electron chi connectivity index (χ3n) is 4.65. The zero-order valence-corrected chi connectivity index (χ0v) is 14.4. The monoisotopic (exact) mass is 346 g/mol. The Morgan fingerprint density at radius 1 is 1.12 bits per heavy atom. The van der Waals surface area contributed by atoms with E-state index in [-0.39, 0.29) is 28.2 Å². The van der Waals surface area contributed by atoms with Crippen LogP contribution in [0.5, 0.6) is 0 Å². The molecule has 1 saturated carbocycles. The molecule has 1 aliphatic carbocycles. The Kier molecular flexibility index (Phi) is 5.56. The molecule has 6 heteroatoms. The number of imide groups is 1. The predicted molar refractivity (Wildman–Crippen MR) is 93.7 cm³/mol. The molecule has 0 aromatic heterocycles. The first-order valence-electron chi connectivity index (χ1n) is 8.49. The number of carbonyl (C=O) groups excluding carboxylic acids is 3. The average Bonchev–Trinajstić information content (AvgIpc) is 3.19. The van der Waals surface area contributed by atoms with E-state index >= 15 is 0 Å². The molecule has 24 heavy (non-hydrogen) atoms. The van der Waals surface area contributed by atoms with Crippen molar-refractivity contribution in [2.75, 3.05) is 6.54 Å². The topological polar surface area (TPSA) is 75.3 Å². The van der Waals surface area contributed by atoms with E-state index < -0.39 is 0 Å². The van der Waals surface area contributed by atoms with Crippen LogP contribution in [0.25, 0.3) is 0 Å². The first kappa shape index (κ1) is 17.0. The minimum absolute atomic E-state index is 0.193. The van der Waals surface area contributed by atoms with Crippen LogP contribution in [0.3, 0.4) is 0 Å². The van der Waals surface area contributed by atoms with Gasteiger partial charge in [0.15, 0.2) is 0 Å². The summed E-state index contributed by atoms with van der Waals surface area (Å²) in [7, 11) is 0. The summed E-state index contributed by atoms with van der Waals surface area (Å²) in [4.78, 5) is 34.7. The SMILES string of the molecule is O=C1NC(=O)[C@H](Cc2ccc(CCNC(=O)C3CCCC3)cc2)S1. The summed E-state index contributed by atoms with van der Waals surface area (Å²) < 4.78 is 0. The fourth-order valence-corrected chi connectivity index (χ4v) is 4.11. The molecule has 0 spiro atoms. The molecule has 1 atom stereocenters. The lowest BCUT2D eigenvalue weighted by atomic mass is 10.0. The van der Waals surface area contributed by atoms with Crippen LogP contribution < -0.4 is 10.6 Å². The number of nitrogens with one attached hydrogen (secondary N) is 2. The molecular weight excluding hydrogens is 324 g/mol. The Hall–Kier alpha value is -1.82. The largest absolute Gasteiger partial charge is 0.356 e. The van der Waals surface area contributed by atoms with Gasteiger partial charge in [-0.3, -0.25) is 19.7 Å². The van der Waals surface area contributed by atoms with E-state index in [1.807, 2.05) is 24.3 Å². The minimum atomic E-state index is -0.325. The molecular formula is C18H22N2O3S. The van der Waals surface area contributed by atoms with Crippen molar-refractivity contribution in [2.45, 2.75) is 43.8 Å². The summed E-state index contributed by atoms with van der Waals surface area (Å²) in [5, 5.41) is 4.74. The van der Waals surface area contributed by atoms with Crippen molar-refractivity contribution < 1.29 is 14.4 Å². The van der Waals surface area contributed by atoms with Crippen LogP contribution in [0, 0.1) is 5.92 Å². The van der Waals surface area contributed by atoms with Crippen molar-refractivity contribution in [3.8, 4) is 0 Å². The molecule has 2 N–H and O–H groups in total. The molecule has 1 saturated heterocycles. The Labute approximate surface area is 146 Å². The molecule has 2 aliphatic rings. The van der Waals surface area contributed by atoms with E-state index in [2.05, 4.69) is 10.6 Å². The molecule has 0 radical (unpaired) electrons. The van der Waals surface area contributed by atoms with Crippen LogP contribution in [0.15, 0.2) is 24.3 Å². The smallest absolute Gasteiger partial charge is 0.286 e. The number of hydrogen-bond donors (Lipinski definition) is 2. The quantitative estimate of drug-likeness (QED) is 0.829. The van der Waals surface area contributed by atoms with Crippen molar-refractivity contribution in [3.05, 3.63) is 35.4 Å². The molecule has 0 bridgehead atoms. The van der Waals surface area contributed by atoms with Crippen molar-refractivity contribution in [1.29, 1.82) is 0 Å². The molecule has 3 amide bonds. The van der Waals surface area contributed by atoms with Crippen molar-refractivity contribution in [2.24, 2.45) is 5.92 Å². The number of carbonyl (C=O) groups is 3. The normalized spacial score (nSPS) is 21.1. The second-order valence-electron chi connectivity index (χ2n) is 6.43. The highest BCUT2D eigenvalue weighted by Gasteiger charge is 2.31. The van der Waals surface area contributed by atoms with Crippen LogP contribution in [-0.2, 0) is 22.4 Å². The predicted octanol–water partition coefficient (Wildman–Crippen LogP) is 2.43. The minimum Gasteiger partial charge on any atom is -0.356 e. The van der Waals surface area contributed by atoms with E-state index in [1.165, 1.54) is 12.8 Å². The van der Waals surface area contributed by atoms with Crippen molar-refractivity contribution in [3.63, 3.8) is 0 Å². The van der Waals surface area contributed by atoms with Gasteiger partial charge in [-0.25, -0.2) is 0 Å². The van der Waals surface area contributed by atoms with Crippen molar-refractivity contribution in [1.82, 2.24) is 10.6 Å². The summed E-state index contributed by atoms with van der Waals surface area (Å²) in [5.74, 6) is 0.201. The highest BCUT2D eigenvalue weighted by atomic mass is 32.2. The maximum atomic E-state index is 12.0. The van der Waals surface area contributed by atoms with E-state index in [0.717, 1.165) is 42.2 Å². The van der Waals surface area contributed by atoms with Gasteiger partial charge in [0.05, 0.1) is 5.25 Å². The molecule has 1 heterocycles. The summed E-state index contributed by atoms with van der Waals surface area (Å²) in [6.07, 6.45) is 5.74. The molecule has 2 fully saturated rings. The number of rotatable bonds is 6. The molecule has 1 aliphatic heterocycles. The summed E-state index contributed by atoms with van der Waals surface area (Å²) >= 11 is 1.05. The zero-order valence-electron chi connectivity index (χ0n) is 13.5. The zero-order chi connectivity index (χ0) is 16.9. The summed E-state index contributed by atoms with van der Waals surface area (Å²) in [5.41, 5.74) is 2.20. The fourth-order valence-electron chi connectivity index (χ4n) is 3.25.